The van der Waals surface area contributed by atoms with E-state index in [1.165, 1.54) is 0 Å². The van der Waals surface area contributed by atoms with E-state index in [0.29, 0.717) is 0 Å². The minimum atomic E-state index is -3.72. The summed E-state index contributed by atoms with van der Waals surface area (Å²) in [7, 11) is 1.25. The molecule has 1 atom stereocenters. The van der Waals surface area contributed by atoms with Gasteiger partial charge in [0.15, 0.2) is 0 Å². The molecule has 0 N–H and O–H groups in total. The van der Waals surface area contributed by atoms with Crippen LogP contribution in [0.5, 0.6) is 0 Å². The van der Waals surface area contributed by atoms with Crippen molar-refractivity contribution < 1.29 is 12.8 Å². The summed E-state index contributed by atoms with van der Waals surface area (Å²) >= 11 is 0. The molecule has 62 valence electrons. The van der Waals surface area contributed by atoms with E-state index in [1.54, 1.807) is 0 Å². The van der Waals surface area contributed by atoms with E-state index in [9.17, 15) is 12.8 Å². The Hall–Kier alpha value is -0.420. The average Bonchev–Trinajstić information content (AvgIpc) is 1.86. The van der Waals surface area contributed by atoms with Crippen molar-refractivity contribution in [2.75, 3.05) is 6.54 Å². The van der Waals surface area contributed by atoms with Crippen LogP contribution < -0.4 is 0 Å². The molecule has 0 aliphatic carbocycles. The number of dihydropyridines is 1. The molecule has 0 fully saturated rings. The second kappa shape index (κ2) is 2.91. The molecule has 1 aliphatic rings. The summed E-state index contributed by atoms with van der Waals surface area (Å²) in [5.74, 6) is -0.662. The number of rotatable bonds is 1. The predicted molar refractivity (Wildman–Crippen MR) is 41.1 cm³/mol. The zero-order valence-corrected chi connectivity index (χ0v) is 6.94. The lowest BCUT2D eigenvalue weighted by Crippen LogP contribution is -2.20. The van der Waals surface area contributed by atoms with Crippen LogP contribution in [0.2, 0.25) is 0 Å². The molecule has 1 heterocycles. The standard InChI is InChI=1S/C5H5ClFNO2S/c6-11(9,10)5-1-4(7)2-8-3-5/h1-2,5H,3H2. The summed E-state index contributed by atoms with van der Waals surface area (Å²) in [6.07, 6.45) is 1.91. The first-order valence-electron chi connectivity index (χ1n) is 2.81. The lowest BCUT2D eigenvalue weighted by molar-refractivity contribution is 0.598. The largest absolute Gasteiger partial charge is 0.288 e. The predicted octanol–water partition coefficient (Wildman–Crippen LogP) is 0.861. The minimum Gasteiger partial charge on any atom is -0.288 e. The van der Waals surface area contributed by atoms with Gasteiger partial charge < -0.3 is 0 Å². The third-order valence-electron chi connectivity index (χ3n) is 1.21. The summed E-state index contributed by atoms with van der Waals surface area (Å²) in [4.78, 5) is 3.47. The van der Waals surface area contributed by atoms with Gasteiger partial charge in [-0.3, -0.25) is 4.99 Å². The third-order valence-corrected chi connectivity index (χ3v) is 2.90. The normalized spacial score (nSPS) is 24.9. The van der Waals surface area contributed by atoms with Crippen molar-refractivity contribution in [1.29, 1.82) is 0 Å². The van der Waals surface area contributed by atoms with Crippen LogP contribution in [0.3, 0.4) is 0 Å². The second-order valence-corrected chi connectivity index (χ2v) is 4.91. The Balaban J connectivity index is 2.89. The molecule has 0 aromatic heterocycles. The fourth-order valence-corrected chi connectivity index (χ4v) is 1.57. The molecule has 1 aliphatic heterocycles. The van der Waals surface area contributed by atoms with Crippen molar-refractivity contribution in [1.82, 2.24) is 0 Å². The fraction of sp³-hybridized carbons (Fsp3) is 0.400. The van der Waals surface area contributed by atoms with E-state index in [2.05, 4.69) is 4.99 Å². The average molecular weight is 198 g/mol. The maximum Gasteiger partial charge on any atom is 0.240 e. The zero-order valence-electron chi connectivity index (χ0n) is 5.37. The lowest BCUT2D eigenvalue weighted by atomic mass is 10.3. The van der Waals surface area contributed by atoms with Crippen molar-refractivity contribution in [2.24, 2.45) is 4.99 Å². The highest BCUT2D eigenvalue weighted by Crippen LogP contribution is 2.14. The highest BCUT2D eigenvalue weighted by Gasteiger charge is 2.22. The second-order valence-electron chi connectivity index (χ2n) is 2.06. The minimum absolute atomic E-state index is 0.000741. The molecule has 0 saturated heterocycles. The summed E-state index contributed by atoms with van der Waals surface area (Å²) in [6.45, 7) is -0.000741. The fourth-order valence-electron chi connectivity index (χ4n) is 0.687. The van der Waals surface area contributed by atoms with Crippen molar-refractivity contribution >= 4 is 25.9 Å². The smallest absolute Gasteiger partial charge is 0.240 e. The van der Waals surface area contributed by atoms with E-state index in [0.717, 1.165) is 12.3 Å². The van der Waals surface area contributed by atoms with Crippen LogP contribution in [0, 0.1) is 0 Å². The number of halogens is 2. The van der Waals surface area contributed by atoms with Gasteiger partial charge in [-0.25, -0.2) is 12.8 Å². The van der Waals surface area contributed by atoms with Gasteiger partial charge in [-0.2, -0.15) is 0 Å². The van der Waals surface area contributed by atoms with Crippen LogP contribution in [0.4, 0.5) is 4.39 Å². The SMILES string of the molecule is O=S(=O)(Cl)C1C=C(F)C=NC1. The maximum absolute atomic E-state index is 12.4. The van der Waals surface area contributed by atoms with Gasteiger partial charge in [-0.05, 0) is 6.08 Å². The molecule has 0 aromatic rings. The van der Waals surface area contributed by atoms with Crippen molar-refractivity contribution in [3.8, 4) is 0 Å². The number of hydrogen-bond acceptors (Lipinski definition) is 3. The van der Waals surface area contributed by atoms with Gasteiger partial charge in [0.2, 0.25) is 9.05 Å². The third kappa shape index (κ3) is 2.27. The van der Waals surface area contributed by atoms with Crippen LogP contribution in [0.25, 0.3) is 0 Å². The van der Waals surface area contributed by atoms with E-state index >= 15 is 0 Å². The quantitative estimate of drug-likeness (QED) is 0.586. The van der Waals surface area contributed by atoms with Crippen LogP contribution in [-0.4, -0.2) is 26.4 Å². The number of hydrogen-bond donors (Lipinski definition) is 0. The molecule has 6 heteroatoms. The highest BCUT2D eigenvalue weighted by molar-refractivity contribution is 8.14. The van der Waals surface area contributed by atoms with E-state index in [-0.39, 0.29) is 6.54 Å². The Morgan fingerprint density at radius 2 is 2.36 bits per heavy atom. The van der Waals surface area contributed by atoms with Crippen molar-refractivity contribution in [2.45, 2.75) is 5.25 Å². The molecule has 11 heavy (non-hydrogen) atoms. The molecule has 0 amide bonds. The molecule has 1 rings (SSSR count). The number of allylic oxidation sites excluding steroid dienone is 1. The highest BCUT2D eigenvalue weighted by atomic mass is 35.7. The van der Waals surface area contributed by atoms with Gasteiger partial charge in [-0.1, -0.05) is 0 Å². The molecule has 0 spiro atoms. The maximum atomic E-state index is 12.4. The van der Waals surface area contributed by atoms with Crippen molar-refractivity contribution in [3.63, 3.8) is 0 Å². The summed E-state index contributed by atoms with van der Waals surface area (Å²) in [5.41, 5.74) is 0. The van der Waals surface area contributed by atoms with Gasteiger partial charge in [0.05, 0.1) is 12.8 Å². The Morgan fingerprint density at radius 3 is 2.73 bits per heavy atom. The zero-order chi connectivity index (χ0) is 8.48. The Morgan fingerprint density at radius 1 is 1.73 bits per heavy atom. The van der Waals surface area contributed by atoms with E-state index in [1.807, 2.05) is 0 Å². The van der Waals surface area contributed by atoms with E-state index < -0.39 is 20.1 Å². The molecule has 0 bridgehead atoms. The first kappa shape index (κ1) is 8.67. The topological polar surface area (TPSA) is 46.5 Å². The monoisotopic (exact) mass is 197 g/mol. The number of aliphatic imine (C=N–C) groups is 1. The van der Waals surface area contributed by atoms with Crippen LogP contribution in [0.1, 0.15) is 0 Å². The summed E-state index contributed by atoms with van der Waals surface area (Å²) < 4.78 is 33.6. The molecule has 0 radical (unpaired) electrons. The Bertz CT molecular complexity index is 308. The Kier molecular flexibility index (Phi) is 2.29. The summed E-state index contributed by atoms with van der Waals surface area (Å²) in [5, 5.41) is -1.02. The van der Waals surface area contributed by atoms with Gasteiger partial charge in [0.1, 0.15) is 11.1 Å². The van der Waals surface area contributed by atoms with Crippen molar-refractivity contribution in [3.05, 3.63) is 11.9 Å². The molecule has 0 saturated carbocycles. The van der Waals surface area contributed by atoms with Gasteiger partial charge >= 0.3 is 0 Å². The van der Waals surface area contributed by atoms with Crippen LogP contribution in [0.15, 0.2) is 16.9 Å². The van der Waals surface area contributed by atoms with Gasteiger partial charge in [0, 0.05) is 10.7 Å². The molecule has 3 nitrogen and oxygen atoms in total. The summed E-state index contributed by atoms with van der Waals surface area (Å²) in [6, 6.07) is 0. The van der Waals surface area contributed by atoms with E-state index in [4.69, 9.17) is 10.7 Å². The Labute approximate surface area is 68.0 Å². The molecule has 0 aromatic carbocycles. The number of nitrogens with zero attached hydrogens (tertiary/aromatic N) is 1. The van der Waals surface area contributed by atoms with Crippen LogP contribution >= 0.6 is 10.7 Å². The van der Waals surface area contributed by atoms with Gasteiger partial charge in [0.25, 0.3) is 0 Å². The molecular formula is C5H5ClFNO2S. The molecular weight excluding hydrogens is 193 g/mol. The lowest BCUT2D eigenvalue weighted by Gasteiger charge is -2.08. The first-order valence-corrected chi connectivity index (χ1v) is 5.18. The first-order chi connectivity index (χ1) is 5.00. The molecule has 1 unspecified atom stereocenters. The van der Waals surface area contributed by atoms with Gasteiger partial charge in [-0.15, -0.1) is 0 Å². The van der Waals surface area contributed by atoms with Crippen LogP contribution in [-0.2, 0) is 9.05 Å².